The van der Waals surface area contributed by atoms with E-state index in [0.717, 1.165) is 22.8 Å². The van der Waals surface area contributed by atoms with Gasteiger partial charge in [-0.2, -0.15) is 0 Å². The summed E-state index contributed by atoms with van der Waals surface area (Å²) < 4.78 is 4.12. The van der Waals surface area contributed by atoms with Crippen molar-refractivity contribution in [1.82, 2.24) is 24.9 Å². The molecule has 102 valence electrons. The van der Waals surface area contributed by atoms with Crippen molar-refractivity contribution in [3.8, 4) is 0 Å². The molecule has 2 aromatic rings. The molecule has 1 unspecified atom stereocenters. The molecule has 0 amide bonds. The number of aromatic nitrogens is 4. The summed E-state index contributed by atoms with van der Waals surface area (Å²) in [5.41, 5.74) is 1.90. The van der Waals surface area contributed by atoms with Gasteiger partial charge >= 0.3 is 0 Å². The van der Waals surface area contributed by atoms with Crippen LogP contribution in [0.4, 0.5) is 0 Å². The van der Waals surface area contributed by atoms with Gasteiger partial charge in [-0.25, -0.2) is 0 Å². The average Bonchev–Trinajstić information content (AvgIpc) is 2.86. The van der Waals surface area contributed by atoms with Crippen LogP contribution >= 0.6 is 11.5 Å². The lowest BCUT2D eigenvalue weighted by Crippen LogP contribution is -2.25. The maximum Gasteiger partial charge on any atom is 0.0896 e. The van der Waals surface area contributed by atoms with E-state index in [1.807, 2.05) is 0 Å². The van der Waals surface area contributed by atoms with E-state index in [4.69, 9.17) is 0 Å². The summed E-state index contributed by atoms with van der Waals surface area (Å²) in [6.45, 7) is 9.37. The molecule has 6 heteroatoms. The van der Waals surface area contributed by atoms with Gasteiger partial charge in [0.25, 0.3) is 0 Å². The molecular weight excluding hydrogens is 258 g/mol. The molecule has 2 rings (SSSR count). The molecule has 0 radical (unpaired) electrons. The van der Waals surface area contributed by atoms with Crippen molar-refractivity contribution in [3.63, 3.8) is 0 Å². The molecular formula is C13H19N5S. The monoisotopic (exact) mass is 277 g/mol. The first kappa shape index (κ1) is 14.0. The zero-order valence-corrected chi connectivity index (χ0v) is 12.5. The van der Waals surface area contributed by atoms with Crippen LogP contribution in [0.15, 0.2) is 18.6 Å². The molecule has 2 aromatic heterocycles. The van der Waals surface area contributed by atoms with Gasteiger partial charge < -0.3 is 5.32 Å². The smallest absolute Gasteiger partial charge is 0.0896 e. The summed E-state index contributed by atoms with van der Waals surface area (Å²) in [5.74, 6) is 0. The first-order valence-electron chi connectivity index (χ1n) is 6.36. The third kappa shape index (κ3) is 3.13. The van der Waals surface area contributed by atoms with Crippen LogP contribution in [0.25, 0.3) is 0 Å². The van der Waals surface area contributed by atoms with Crippen molar-refractivity contribution in [3.05, 3.63) is 34.9 Å². The number of hydrogen-bond donors (Lipinski definition) is 1. The Bertz CT molecular complexity index is 517. The fourth-order valence-electron chi connectivity index (χ4n) is 1.90. The first-order valence-corrected chi connectivity index (χ1v) is 7.13. The highest BCUT2D eigenvalue weighted by molar-refractivity contribution is 7.05. The van der Waals surface area contributed by atoms with Crippen molar-refractivity contribution in [1.29, 1.82) is 0 Å². The van der Waals surface area contributed by atoms with Crippen molar-refractivity contribution >= 4 is 11.5 Å². The molecule has 19 heavy (non-hydrogen) atoms. The van der Waals surface area contributed by atoms with Gasteiger partial charge in [-0.15, -0.1) is 5.10 Å². The zero-order chi connectivity index (χ0) is 13.9. The molecule has 5 nitrogen and oxygen atoms in total. The molecule has 2 heterocycles. The van der Waals surface area contributed by atoms with E-state index in [9.17, 15) is 0 Å². The van der Waals surface area contributed by atoms with E-state index in [0.29, 0.717) is 0 Å². The lowest BCUT2D eigenvalue weighted by atomic mass is 9.89. The minimum atomic E-state index is -0.0295. The van der Waals surface area contributed by atoms with Crippen molar-refractivity contribution in [2.24, 2.45) is 0 Å². The third-order valence-electron chi connectivity index (χ3n) is 2.77. The standard InChI is InChI=1S/C13H19N5S/c1-5-15-10(9-8-14-6-7-16-9)11-12(13(2,3)4)17-18-19-11/h6-8,10,15H,5H2,1-4H3. The average molecular weight is 277 g/mol. The van der Waals surface area contributed by atoms with Crippen molar-refractivity contribution in [2.75, 3.05) is 6.54 Å². The summed E-state index contributed by atoms with van der Waals surface area (Å²) in [4.78, 5) is 9.67. The molecule has 1 N–H and O–H groups in total. The van der Waals surface area contributed by atoms with Gasteiger partial charge in [0.15, 0.2) is 0 Å². The number of rotatable bonds is 4. The van der Waals surface area contributed by atoms with Crippen LogP contribution in [0.5, 0.6) is 0 Å². The van der Waals surface area contributed by atoms with Gasteiger partial charge in [-0.3, -0.25) is 9.97 Å². The Kier molecular flexibility index (Phi) is 4.21. The summed E-state index contributed by atoms with van der Waals surface area (Å²) >= 11 is 1.43. The van der Waals surface area contributed by atoms with E-state index >= 15 is 0 Å². The van der Waals surface area contributed by atoms with E-state index in [1.165, 1.54) is 11.5 Å². The summed E-state index contributed by atoms with van der Waals surface area (Å²) in [6.07, 6.45) is 5.19. The Labute approximate surface area is 117 Å². The van der Waals surface area contributed by atoms with Crippen LogP contribution in [0.1, 0.15) is 50.0 Å². The minimum Gasteiger partial charge on any atom is -0.304 e. The van der Waals surface area contributed by atoms with Gasteiger partial charge in [0.2, 0.25) is 0 Å². The summed E-state index contributed by atoms with van der Waals surface area (Å²) in [6, 6.07) is 0.00734. The van der Waals surface area contributed by atoms with E-state index < -0.39 is 0 Å². The Balaban J connectivity index is 2.44. The first-order chi connectivity index (χ1) is 9.04. The maximum atomic E-state index is 4.40. The molecule has 0 saturated heterocycles. The van der Waals surface area contributed by atoms with Crippen LogP contribution < -0.4 is 5.32 Å². The van der Waals surface area contributed by atoms with Gasteiger partial charge in [0, 0.05) is 17.8 Å². The zero-order valence-electron chi connectivity index (χ0n) is 11.7. The topological polar surface area (TPSA) is 63.6 Å². The highest BCUT2D eigenvalue weighted by Gasteiger charge is 2.28. The molecule has 0 aliphatic carbocycles. The summed E-state index contributed by atoms with van der Waals surface area (Å²) in [5, 5.41) is 7.74. The predicted molar refractivity (Wildman–Crippen MR) is 76.2 cm³/mol. The van der Waals surface area contributed by atoms with Gasteiger partial charge in [0.05, 0.1) is 28.5 Å². The fourth-order valence-corrected chi connectivity index (χ4v) is 2.86. The fraction of sp³-hybridized carbons (Fsp3) is 0.538. The number of hydrogen-bond acceptors (Lipinski definition) is 6. The van der Waals surface area contributed by atoms with E-state index in [2.05, 4.69) is 52.6 Å². The molecule has 0 aliphatic heterocycles. The van der Waals surface area contributed by atoms with Crippen LogP contribution in [0.3, 0.4) is 0 Å². The normalized spacial score (nSPS) is 13.5. The summed E-state index contributed by atoms with van der Waals surface area (Å²) in [7, 11) is 0. The second-order valence-corrected chi connectivity index (χ2v) is 6.14. The maximum absolute atomic E-state index is 4.40. The van der Waals surface area contributed by atoms with E-state index in [1.54, 1.807) is 18.6 Å². The quantitative estimate of drug-likeness (QED) is 0.929. The highest BCUT2D eigenvalue weighted by atomic mass is 32.1. The van der Waals surface area contributed by atoms with Gasteiger partial charge in [-0.05, 0) is 18.1 Å². The molecule has 1 atom stereocenters. The van der Waals surface area contributed by atoms with Gasteiger partial charge in [0.1, 0.15) is 0 Å². The van der Waals surface area contributed by atoms with Crippen LogP contribution in [-0.4, -0.2) is 26.1 Å². The Morgan fingerprint density at radius 1 is 1.32 bits per heavy atom. The second kappa shape index (κ2) is 5.71. The molecule has 0 aromatic carbocycles. The SMILES string of the molecule is CCNC(c1cnccn1)c1snnc1C(C)(C)C. The Morgan fingerprint density at radius 3 is 2.68 bits per heavy atom. The molecule has 0 saturated carbocycles. The van der Waals surface area contributed by atoms with E-state index in [-0.39, 0.29) is 11.5 Å². The van der Waals surface area contributed by atoms with Gasteiger partial charge in [-0.1, -0.05) is 32.2 Å². The van der Waals surface area contributed by atoms with Crippen LogP contribution in [-0.2, 0) is 5.41 Å². The molecule has 0 spiro atoms. The van der Waals surface area contributed by atoms with Crippen molar-refractivity contribution < 1.29 is 0 Å². The van der Waals surface area contributed by atoms with Crippen molar-refractivity contribution in [2.45, 2.75) is 39.2 Å². The number of nitrogens with one attached hydrogen (secondary N) is 1. The van der Waals surface area contributed by atoms with Crippen LogP contribution in [0, 0.1) is 0 Å². The molecule has 0 fully saturated rings. The number of nitrogens with zero attached hydrogens (tertiary/aromatic N) is 4. The molecule has 0 bridgehead atoms. The lowest BCUT2D eigenvalue weighted by molar-refractivity contribution is 0.539. The second-order valence-electron chi connectivity index (χ2n) is 5.36. The Morgan fingerprint density at radius 2 is 2.11 bits per heavy atom. The Hall–Kier alpha value is -1.40. The lowest BCUT2D eigenvalue weighted by Gasteiger charge is -2.21. The minimum absolute atomic E-state index is 0.00734. The predicted octanol–water partition coefficient (Wildman–Crippen LogP) is 2.32. The largest absolute Gasteiger partial charge is 0.304 e. The highest BCUT2D eigenvalue weighted by Crippen LogP contribution is 2.32. The van der Waals surface area contributed by atoms with Crippen LogP contribution in [0.2, 0.25) is 0 Å². The third-order valence-corrected chi connectivity index (χ3v) is 3.56. The molecule has 0 aliphatic rings.